The van der Waals surface area contributed by atoms with Gasteiger partial charge in [-0.25, -0.2) is 8.78 Å². The molecular weight excluding hydrogens is 310 g/mol. The van der Waals surface area contributed by atoms with Crippen molar-refractivity contribution in [2.75, 3.05) is 6.61 Å². The van der Waals surface area contributed by atoms with Crippen molar-refractivity contribution in [3.63, 3.8) is 0 Å². The minimum absolute atomic E-state index is 0.207. The number of halogens is 2. The van der Waals surface area contributed by atoms with Crippen molar-refractivity contribution in [2.24, 2.45) is 17.8 Å². The number of ether oxygens (including phenoxy) is 1. The molecule has 2 nitrogen and oxygen atoms in total. The molecule has 1 aliphatic carbocycles. The van der Waals surface area contributed by atoms with Crippen LogP contribution < -0.4 is 0 Å². The van der Waals surface area contributed by atoms with E-state index in [1.165, 1.54) is 18.9 Å². The van der Waals surface area contributed by atoms with Crippen LogP contribution in [0, 0.1) is 29.4 Å². The smallest absolute Gasteiger partial charge is 0.309 e. The fourth-order valence-electron chi connectivity index (χ4n) is 3.90. The van der Waals surface area contributed by atoms with Gasteiger partial charge in [-0.2, -0.15) is 0 Å². The van der Waals surface area contributed by atoms with Crippen LogP contribution in [-0.2, 0) is 16.0 Å². The summed E-state index contributed by atoms with van der Waals surface area (Å²) in [5, 5.41) is 0. The first-order valence-electron chi connectivity index (χ1n) is 9.15. The highest BCUT2D eigenvalue weighted by molar-refractivity contribution is 5.73. The van der Waals surface area contributed by atoms with E-state index in [-0.39, 0.29) is 17.8 Å². The zero-order valence-electron chi connectivity index (χ0n) is 14.7. The molecule has 1 saturated carbocycles. The van der Waals surface area contributed by atoms with Crippen LogP contribution >= 0.6 is 0 Å². The van der Waals surface area contributed by atoms with Gasteiger partial charge in [-0.3, -0.25) is 4.79 Å². The van der Waals surface area contributed by atoms with Crippen molar-refractivity contribution in [3.05, 3.63) is 35.4 Å². The highest BCUT2D eigenvalue weighted by atomic mass is 19.2. The number of hydrogen-bond donors (Lipinski definition) is 0. The summed E-state index contributed by atoms with van der Waals surface area (Å²) < 4.78 is 31.8. The van der Waals surface area contributed by atoms with E-state index in [4.69, 9.17) is 4.74 Å². The Kier molecular flexibility index (Phi) is 7.19. The van der Waals surface area contributed by atoms with Crippen molar-refractivity contribution >= 4 is 5.97 Å². The Hall–Kier alpha value is -1.45. The van der Waals surface area contributed by atoms with Crippen LogP contribution in [0.15, 0.2) is 18.2 Å². The van der Waals surface area contributed by atoms with E-state index in [9.17, 15) is 13.6 Å². The van der Waals surface area contributed by atoms with E-state index in [0.717, 1.165) is 37.7 Å². The van der Waals surface area contributed by atoms with E-state index in [2.05, 4.69) is 6.92 Å². The molecule has 1 aromatic rings. The van der Waals surface area contributed by atoms with Crippen molar-refractivity contribution in [2.45, 2.75) is 58.8 Å². The maximum atomic E-state index is 13.5. The van der Waals surface area contributed by atoms with Gasteiger partial charge >= 0.3 is 5.97 Å². The maximum Gasteiger partial charge on any atom is 0.309 e. The normalized spacial score (nSPS) is 22.2. The molecule has 0 bridgehead atoms. The Balaban J connectivity index is 2.07. The summed E-state index contributed by atoms with van der Waals surface area (Å²) in [7, 11) is 0. The number of esters is 1. The van der Waals surface area contributed by atoms with Crippen LogP contribution in [0.1, 0.15) is 57.9 Å². The molecule has 1 unspecified atom stereocenters. The molecule has 0 aromatic heterocycles. The lowest BCUT2D eigenvalue weighted by atomic mass is 9.73. The standard InChI is InChI=1S/C20H28F2O2/c1-3-5-14-6-9-16(10-7-14)17(20(23)24-4-2)12-15-8-11-18(21)19(22)13-15/h8,11,13-14,16-17H,3-7,9-10,12H2,1-2H3. The van der Waals surface area contributed by atoms with Gasteiger partial charge in [0, 0.05) is 0 Å². The zero-order valence-corrected chi connectivity index (χ0v) is 14.7. The number of benzene rings is 1. The lowest BCUT2D eigenvalue weighted by molar-refractivity contribution is -0.150. The first-order valence-corrected chi connectivity index (χ1v) is 9.15. The summed E-state index contributed by atoms with van der Waals surface area (Å²) in [5.41, 5.74) is 0.655. The number of hydrogen-bond acceptors (Lipinski definition) is 2. The Labute approximate surface area is 143 Å². The minimum atomic E-state index is -0.859. The molecule has 1 aliphatic rings. The molecule has 1 aromatic carbocycles. The quantitative estimate of drug-likeness (QED) is 0.631. The molecule has 134 valence electrons. The fraction of sp³-hybridized carbons (Fsp3) is 0.650. The van der Waals surface area contributed by atoms with E-state index >= 15 is 0 Å². The molecule has 1 atom stereocenters. The molecule has 0 aliphatic heterocycles. The highest BCUT2D eigenvalue weighted by Crippen LogP contribution is 2.37. The van der Waals surface area contributed by atoms with Crippen molar-refractivity contribution in [3.8, 4) is 0 Å². The van der Waals surface area contributed by atoms with E-state index < -0.39 is 11.6 Å². The van der Waals surface area contributed by atoms with Crippen LogP contribution in [0.3, 0.4) is 0 Å². The maximum absolute atomic E-state index is 13.5. The fourth-order valence-corrected chi connectivity index (χ4v) is 3.90. The van der Waals surface area contributed by atoms with Gasteiger partial charge in [0.1, 0.15) is 0 Å². The van der Waals surface area contributed by atoms with Gasteiger partial charge in [0.25, 0.3) is 0 Å². The molecule has 4 heteroatoms. The second-order valence-electron chi connectivity index (χ2n) is 6.88. The Morgan fingerprint density at radius 3 is 2.46 bits per heavy atom. The summed E-state index contributed by atoms with van der Waals surface area (Å²) in [6.07, 6.45) is 7.18. The number of rotatable bonds is 7. The molecule has 0 radical (unpaired) electrons. The number of carbonyl (C=O) groups is 1. The highest BCUT2D eigenvalue weighted by Gasteiger charge is 2.33. The van der Waals surface area contributed by atoms with Crippen LogP contribution in [-0.4, -0.2) is 12.6 Å². The molecule has 24 heavy (non-hydrogen) atoms. The minimum Gasteiger partial charge on any atom is -0.466 e. The third kappa shape index (κ3) is 5.02. The first-order chi connectivity index (χ1) is 11.5. The number of carbonyl (C=O) groups excluding carboxylic acids is 1. The zero-order chi connectivity index (χ0) is 17.5. The predicted octanol–water partition coefficient (Wildman–Crippen LogP) is 5.29. The van der Waals surface area contributed by atoms with Gasteiger partial charge in [-0.1, -0.05) is 38.7 Å². The second-order valence-corrected chi connectivity index (χ2v) is 6.88. The van der Waals surface area contributed by atoms with Crippen molar-refractivity contribution in [1.29, 1.82) is 0 Å². The van der Waals surface area contributed by atoms with E-state index in [0.29, 0.717) is 18.6 Å². The average molecular weight is 338 g/mol. The summed E-state index contributed by atoms with van der Waals surface area (Å²) in [5.74, 6) is -1.16. The van der Waals surface area contributed by atoms with Crippen LogP contribution in [0.25, 0.3) is 0 Å². The summed E-state index contributed by atoms with van der Waals surface area (Å²) in [4.78, 5) is 12.4. The van der Waals surface area contributed by atoms with Gasteiger partial charge in [-0.15, -0.1) is 0 Å². The van der Waals surface area contributed by atoms with Gasteiger partial charge in [0.2, 0.25) is 0 Å². The topological polar surface area (TPSA) is 26.3 Å². The van der Waals surface area contributed by atoms with Crippen molar-refractivity contribution < 1.29 is 18.3 Å². The second kappa shape index (κ2) is 9.14. The molecular formula is C20H28F2O2. The molecule has 0 spiro atoms. The van der Waals surface area contributed by atoms with Gasteiger partial charge in [0.15, 0.2) is 11.6 Å². The summed E-state index contributed by atoms with van der Waals surface area (Å²) in [6.45, 7) is 4.35. The molecule has 1 fully saturated rings. The van der Waals surface area contributed by atoms with Gasteiger partial charge < -0.3 is 4.74 Å². The largest absolute Gasteiger partial charge is 0.466 e. The lowest BCUT2D eigenvalue weighted by Crippen LogP contribution is -2.31. The first kappa shape index (κ1) is 18.9. The Morgan fingerprint density at radius 1 is 1.17 bits per heavy atom. The van der Waals surface area contributed by atoms with Crippen LogP contribution in [0.4, 0.5) is 8.78 Å². The SMILES string of the molecule is CCCC1CCC(C(Cc2ccc(F)c(F)c2)C(=O)OCC)CC1. The molecule has 0 amide bonds. The lowest BCUT2D eigenvalue weighted by Gasteiger charge is -2.33. The Morgan fingerprint density at radius 2 is 1.88 bits per heavy atom. The molecule has 2 rings (SSSR count). The summed E-state index contributed by atoms with van der Waals surface area (Å²) >= 11 is 0. The van der Waals surface area contributed by atoms with Gasteiger partial charge in [0.05, 0.1) is 12.5 Å². The van der Waals surface area contributed by atoms with Crippen molar-refractivity contribution in [1.82, 2.24) is 0 Å². The van der Waals surface area contributed by atoms with Gasteiger partial charge in [-0.05, 0) is 55.7 Å². The molecule has 0 heterocycles. The predicted molar refractivity (Wildman–Crippen MR) is 90.5 cm³/mol. The monoisotopic (exact) mass is 338 g/mol. The average Bonchev–Trinajstić information content (AvgIpc) is 2.57. The van der Waals surface area contributed by atoms with E-state index in [1.807, 2.05) is 0 Å². The van der Waals surface area contributed by atoms with Crippen LogP contribution in [0.5, 0.6) is 0 Å². The Bertz CT molecular complexity index is 536. The van der Waals surface area contributed by atoms with E-state index in [1.54, 1.807) is 13.0 Å². The third-order valence-electron chi connectivity index (χ3n) is 5.19. The third-order valence-corrected chi connectivity index (χ3v) is 5.19. The molecule has 0 saturated heterocycles. The van der Waals surface area contributed by atoms with Crippen LogP contribution in [0.2, 0.25) is 0 Å². The molecule has 0 N–H and O–H groups in total. The summed E-state index contributed by atoms with van der Waals surface area (Å²) in [6, 6.07) is 3.89.